The number of ether oxygens (including phenoxy) is 1. The smallest absolute Gasteiger partial charge is 0.277 e. The molecule has 0 aliphatic heterocycles. The Labute approximate surface area is 144 Å². The average Bonchev–Trinajstić information content (AvgIpc) is 2.61. The maximum Gasteiger partial charge on any atom is 0.277 e. The molecule has 0 atom stereocenters. The van der Waals surface area contributed by atoms with Crippen LogP contribution in [-0.2, 0) is 6.61 Å². The molecule has 24 heavy (non-hydrogen) atoms. The maximum absolute atomic E-state index is 11.2. The van der Waals surface area contributed by atoms with Gasteiger partial charge in [0.25, 0.3) is 5.69 Å². The van der Waals surface area contributed by atoms with Gasteiger partial charge >= 0.3 is 0 Å². The summed E-state index contributed by atoms with van der Waals surface area (Å²) in [6.45, 7) is 0.470. The van der Waals surface area contributed by atoms with Crippen LogP contribution in [0.4, 0.5) is 5.69 Å². The zero-order valence-corrected chi connectivity index (χ0v) is 13.4. The molecular weight excluding hydrogens is 326 g/mol. The Hall–Kier alpha value is -2.85. The minimum Gasteiger partial charge on any atom is -0.489 e. The van der Waals surface area contributed by atoms with Crippen LogP contribution in [0.5, 0.6) is 5.75 Å². The fourth-order valence-corrected chi connectivity index (χ4v) is 2.54. The minimum atomic E-state index is -0.411. The van der Waals surface area contributed by atoms with Crippen LogP contribution in [0, 0.1) is 10.1 Å². The molecule has 3 aromatic rings. The summed E-state index contributed by atoms with van der Waals surface area (Å²) in [4.78, 5) is 10.8. The number of nitro benzene ring substituents is 1. The van der Waals surface area contributed by atoms with Gasteiger partial charge in [-0.3, -0.25) is 10.1 Å². The molecule has 0 radical (unpaired) electrons. The third-order valence-electron chi connectivity index (χ3n) is 3.57. The van der Waals surface area contributed by atoms with Crippen molar-refractivity contribution >= 4 is 17.3 Å². The molecule has 0 amide bonds. The Morgan fingerprint density at radius 2 is 1.67 bits per heavy atom. The van der Waals surface area contributed by atoms with Crippen molar-refractivity contribution < 1.29 is 9.66 Å². The van der Waals surface area contributed by atoms with Gasteiger partial charge in [-0.25, -0.2) is 0 Å². The summed E-state index contributed by atoms with van der Waals surface area (Å²) < 4.78 is 5.72. The van der Waals surface area contributed by atoms with Gasteiger partial charge < -0.3 is 4.74 Å². The number of nitro groups is 1. The lowest BCUT2D eigenvalue weighted by molar-refractivity contribution is -0.384. The number of hydrogen-bond donors (Lipinski definition) is 0. The summed E-state index contributed by atoms with van der Waals surface area (Å²) in [6, 6.07) is 21.5. The molecule has 0 spiro atoms. The normalized spacial score (nSPS) is 10.4. The van der Waals surface area contributed by atoms with Crippen molar-refractivity contribution in [2.24, 2.45) is 0 Å². The van der Waals surface area contributed by atoms with Crippen LogP contribution in [0.1, 0.15) is 5.56 Å². The highest BCUT2D eigenvalue weighted by atomic mass is 35.5. The van der Waals surface area contributed by atoms with Gasteiger partial charge in [-0.05, 0) is 35.4 Å². The van der Waals surface area contributed by atoms with Crippen molar-refractivity contribution in [2.75, 3.05) is 0 Å². The van der Waals surface area contributed by atoms with Crippen LogP contribution in [0.3, 0.4) is 0 Å². The standard InChI is InChI=1S/C19H14ClNO3/c20-16-8-11-19(21(22)23)18(12-16)15-6-9-17(10-7-15)24-13-14-4-2-1-3-5-14/h1-12H,13H2. The van der Waals surface area contributed by atoms with Crippen LogP contribution in [0.15, 0.2) is 72.8 Å². The first-order valence-corrected chi connectivity index (χ1v) is 7.72. The number of benzene rings is 3. The number of hydrogen-bond acceptors (Lipinski definition) is 3. The molecule has 4 nitrogen and oxygen atoms in total. The SMILES string of the molecule is O=[N+]([O-])c1ccc(Cl)cc1-c1ccc(OCc2ccccc2)cc1. The van der Waals surface area contributed by atoms with Gasteiger partial charge in [0.05, 0.1) is 10.5 Å². The summed E-state index contributed by atoms with van der Waals surface area (Å²) in [5.74, 6) is 0.701. The molecule has 0 aliphatic rings. The van der Waals surface area contributed by atoms with Crippen molar-refractivity contribution in [1.82, 2.24) is 0 Å². The molecule has 0 heterocycles. The zero-order valence-electron chi connectivity index (χ0n) is 12.7. The lowest BCUT2D eigenvalue weighted by atomic mass is 10.0. The van der Waals surface area contributed by atoms with Crippen molar-refractivity contribution in [3.8, 4) is 16.9 Å². The molecular formula is C19H14ClNO3. The van der Waals surface area contributed by atoms with Crippen LogP contribution < -0.4 is 4.74 Å². The van der Waals surface area contributed by atoms with Crippen molar-refractivity contribution in [1.29, 1.82) is 0 Å². The van der Waals surface area contributed by atoms with E-state index in [9.17, 15) is 10.1 Å². The fourth-order valence-electron chi connectivity index (χ4n) is 2.37. The van der Waals surface area contributed by atoms with E-state index in [1.54, 1.807) is 30.3 Å². The highest BCUT2D eigenvalue weighted by Crippen LogP contribution is 2.33. The molecule has 0 bridgehead atoms. The molecule has 0 saturated heterocycles. The molecule has 0 N–H and O–H groups in total. The Balaban J connectivity index is 1.80. The predicted molar refractivity (Wildman–Crippen MR) is 94.3 cm³/mol. The van der Waals surface area contributed by atoms with E-state index in [0.29, 0.717) is 22.9 Å². The van der Waals surface area contributed by atoms with Gasteiger partial charge in [0.1, 0.15) is 12.4 Å². The number of halogens is 1. The van der Waals surface area contributed by atoms with Crippen LogP contribution in [0.2, 0.25) is 5.02 Å². The van der Waals surface area contributed by atoms with Gasteiger partial charge in [-0.1, -0.05) is 54.1 Å². The third kappa shape index (κ3) is 3.73. The van der Waals surface area contributed by atoms with E-state index in [1.165, 1.54) is 12.1 Å². The van der Waals surface area contributed by atoms with E-state index in [-0.39, 0.29) is 5.69 Å². The minimum absolute atomic E-state index is 0.0253. The van der Waals surface area contributed by atoms with E-state index in [4.69, 9.17) is 16.3 Å². The Kier molecular flexibility index (Phi) is 4.77. The summed E-state index contributed by atoms with van der Waals surface area (Å²) in [7, 11) is 0. The summed E-state index contributed by atoms with van der Waals surface area (Å²) >= 11 is 5.97. The van der Waals surface area contributed by atoms with Crippen LogP contribution >= 0.6 is 11.6 Å². The molecule has 0 unspecified atom stereocenters. The highest BCUT2D eigenvalue weighted by molar-refractivity contribution is 6.31. The van der Waals surface area contributed by atoms with Gasteiger partial charge in [0.2, 0.25) is 0 Å². The summed E-state index contributed by atoms with van der Waals surface area (Å²) in [5.41, 5.74) is 2.31. The van der Waals surface area contributed by atoms with E-state index in [2.05, 4.69) is 0 Å². The fraction of sp³-hybridized carbons (Fsp3) is 0.0526. The lowest BCUT2D eigenvalue weighted by Crippen LogP contribution is -1.95. The molecule has 0 saturated carbocycles. The Morgan fingerprint density at radius 1 is 0.958 bits per heavy atom. The van der Waals surface area contributed by atoms with Crippen LogP contribution in [0.25, 0.3) is 11.1 Å². The van der Waals surface area contributed by atoms with Crippen molar-refractivity contribution in [3.63, 3.8) is 0 Å². The second-order valence-corrected chi connectivity index (χ2v) is 5.65. The largest absolute Gasteiger partial charge is 0.489 e. The highest BCUT2D eigenvalue weighted by Gasteiger charge is 2.15. The van der Waals surface area contributed by atoms with Gasteiger partial charge in [-0.2, -0.15) is 0 Å². The molecule has 3 rings (SSSR count). The van der Waals surface area contributed by atoms with Crippen molar-refractivity contribution in [2.45, 2.75) is 6.61 Å². The zero-order chi connectivity index (χ0) is 16.9. The summed E-state index contributed by atoms with van der Waals surface area (Å²) in [5, 5.41) is 11.6. The first-order chi connectivity index (χ1) is 11.6. The van der Waals surface area contributed by atoms with E-state index < -0.39 is 4.92 Å². The van der Waals surface area contributed by atoms with Gasteiger partial charge in [-0.15, -0.1) is 0 Å². The molecule has 3 aromatic carbocycles. The van der Waals surface area contributed by atoms with Gasteiger partial charge in [0, 0.05) is 11.1 Å². The van der Waals surface area contributed by atoms with Crippen LogP contribution in [-0.4, -0.2) is 4.92 Å². The topological polar surface area (TPSA) is 52.4 Å². The molecule has 0 fully saturated rings. The molecule has 0 aromatic heterocycles. The molecule has 5 heteroatoms. The Bertz CT molecular complexity index is 848. The molecule has 0 aliphatic carbocycles. The second kappa shape index (κ2) is 7.15. The monoisotopic (exact) mass is 339 g/mol. The Morgan fingerprint density at radius 3 is 2.33 bits per heavy atom. The summed E-state index contributed by atoms with van der Waals surface area (Å²) in [6.07, 6.45) is 0. The first kappa shape index (κ1) is 16.0. The number of nitrogens with zero attached hydrogens (tertiary/aromatic N) is 1. The lowest BCUT2D eigenvalue weighted by Gasteiger charge is -2.08. The van der Waals surface area contributed by atoms with E-state index in [1.807, 2.05) is 30.3 Å². The third-order valence-corrected chi connectivity index (χ3v) is 3.80. The predicted octanol–water partition coefficient (Wildman–Crippen LogP) is 5.49. The number of rotatable bonds is 5. The van der Waals surface area contributed by atoms with E-state index in [0.717, 1.165) is 11.1 Å². The molecule has 120 valence electrons. The maximum atomic E-state index is 11.2. The van der Waals surface area contributed by atoms with E-state index >= 15 is 0 Å². The average molecular weight is 340 g/mol. The van der Waals surface area contributed by atoms with Gasteiger partial charge in [0.15, 0.2) is 0 Å². The second-order valence-electron chi connectivity index (χ2n) is 5.22. The van der Waals surface area contributed by atoms with Crippen molar-refractivity contribution in [3.05, 3.63) is 93.5 Å². The quantitative estimate of drug-likeness (QED) is 0.456. The first-order valence-electron chi connectivity index (χ1n) is 7.34.